The van der Waals surface area contributed by atoms with Gasteiger partial charge in [0.05, 0.1) is 12.9 Å². The van der Waals surface area contributed by atoms with Gasteiger partial charge < -0.3 is 38.5 Å². The van der Waals surface area contributed by atoms with Crippen LogP contribution in [0.25, 0.3) is 0 Å². The molecule has 2 fully saturated rings. The highest BCUT2D eigenvalue weighted by Crippen LogP contribution is 2.36. The molecule has 7 atom stereocenters. The van der Waals surface area contributed by atoms with Crippen LogP contribution in [-0.2, 0) is 28.5 Å². The van der Waals surface area contributed by atoms with Gasteiger partial charge in [0.1, 0.15) is 30.1 Å². The first-order valence-corrected chi connectivity index (χ1v) is 11.1. The van der Waals surface area contributed by atoms with Crippen LogP contribution in [0.5, 0.6) is 5.75 Å². The summed E-state index contributed by atoms with van der Waals surface area (Å²) in [4.78, 5) is 35.3. The van der Waals surface area contributed by atoms with Crippen LogP contribution in [-0.4, -0.2) is 66.1 Å². The molecule has 1 amide bonds. The summed E-state index contributed by atoms with van der Waals surface area (Å²) in [5.41, 5.74) is 0.509. The molecule has 3 heterocycles. The van der Waals surface area contributed by atoms with E-state index in [-0.39, 0.29) is 12.4 Å². The number of ketones is 1. The maximum Gasteiger partial charge on any atom is 0.332 e. The van der Waals surface area contributed by atoms with Crippen molar-refractivity contribution in [3.63, 3.8) is 0 Å². The van der Waals surface area contributed by atoms with Crippen molar-refractivity contribution in [3.8, 4) is 5.75 Å². The zero-order valence-electron chi connectivity index (χ0n) is 19.4. The Morgan fingerprint density at radius 1 is 1.11 bits per heavy atom. The number of fused-ring (bicyclic) bond motifs is 1. The van der Waals surface area contributed by atoms with Crippen LogP contribution in [0.15, 0.2) is 47.1 Å². The molecule has 0 spiro atoms. The molecule has 2 aliphatic heterocycles. The molecule has 4 rings (SSSR count). The lowest BCUT2D eigenvalue weighted by molar-refractivity contribution is -0.343. The molecule has 35 heavy (non-hydrogen) atoms. The summed E-state index contributed by atoms with van der Waals surface area (Å²) in [6, 6.07) is 8.87. The average Bonchev–Trinajstić information content (AvgIpc) is 3.36. The second kappa shape index (κ2) is 10.6. The summed E-state index contributed by atoms with van der Waals surface area (Å²) >= 11 is 0. The summed E-state index contributed by atoms with van der Waals surface area (Å²) in [6.45, 7) is 4.24. The number of rotatable bonds is 8. The predicted molar refractivity (Wildman–Crippen MR) is 118 cm³/mol. The number of furan rings is 1. The lowest BCUT2D eigenvalue weighted by Crippen LogP contribution is -2.68. The fraction of sp³-hybridized carbons (Fsp3) is 0.458. The van der Waals surface area contributed by atoms with E-state index < -0.39 is 54.9 Å². The molecular formula is C24H27NO10. The van der Waals surface area contributed by atoms with Crippen LogP contribution >= 0.6 is 0 Å². The van der Waals surface area contributed by atoms with E-state index >= 15 is 0 Å². The second-order valence-electron chi connectivity index (χ2n) is 8.33. The average molecular weight is 489 g/mol. The second-order valence-corrected chi connectivity index (χ2v) is 8.33. The van der Waals surface area contributed by atoms with Crippen molar-refractivity contribution >= 4 is 17.7 Å². The number of aliphatic carboxylic acids is 1. The molecule has 0 bridgehead atoms. The molecule has 2 saturated heterocycles. The quantitative estimate of drug-likeness (QED) is 0.529. The van der Waals surface area contributed by atoms with E-state index in [0.717, 1.165) is 0 Å². The van der Waals surface area contributed by atoms with Crippen molar-refractivity contribution in [2.45, 2.75) is 63.8 Å². The molecule has 11 nitrogen and oxygen atoms in total. The Morgan fingerprint density at radius 2 is 1.86 bits per heavy atom. The summed E-state index contributed by atoms with van der Waals surface area (Å²) in [5.74, 6) is -0.869. The van der Waals surface area contributed by atoms with Gasteiger partial charge in [-0.3, -0.25) is 9.59 Å². The van der Waals surface area contributed by atoms with Crippen molar-refractivity contribution in [2.24, 2.45) is 0 Å². The number of carboxylic acid groups (broad SMARTS) is 1. The first-order valence-electron chi connectivity index (χ1n) is 11.1. The predicted octanol–water partition coefficient (Wildman–Crippen LogP) is 2.06. The Hall–Kier alpha value is -3.25. The van der Waals surface area contributed by atoms with Crippen LogP contribution in [0.1, 0.15) is 43.2 Å². The van der Waals surface area contributed by atoms with E-state index in [1.165, 1.54) is 27.0 Å². The van der Waals surface area contributed by atoms with Gasteiger partial charge in [0.25, 0.3) is 0 Å². The van der Waals surface area contributed by atoms with Crippen molar-refractivity contribution in [3.05, 3.63) is 54.0 Å². The Bertz CT molecular complexity index is 1040. The SMILES string of the molecule is CC(=O)NC1C(Oc2ccc(C(C)=O)cc2)OC2COC(c3ccco3)OC2C1OC(C)C(=O)O. The molecule has 11 heteroatoms. The van der Waals surface area contributed by atoms with Gasteiger partial charge in [-0.05, 0) is 50.2 Å². The topological polar surface area (TPSA) is 143 Å². The number of amides is 1. The highest BCUT2D eigenvalue weighted by Gasteiger charge is 2.53. The normalized spacial score (nSPS) is 29.0. The Morgan fingerprint density at radius 3 is 2.46 bits per heavy atom. The number of ether oxygens (including phenoxy) is 5. The number of hydrogen-bond acceptors (Lipinski definition) is 9. The van der Waals surface area contributed by atoms with E-state index in [9.17, 15) is 19.5 Å². The van der Waals surface area contributed by atoms with Gasteiger partial charge in [-0.1, -0.05) is 0 Å². The number of benzene rings is 1. The van der Waals surface area contributed by atoms with Crippen LogP contribution in [0, 0.1) is 0 Å². The molecule has 2 N–H and O–H groups in total. The Labute approximate surface area is 201 Å². The van der Waals surface area contributed by atoms with E-state index in [4.69, 9.17) is 28.1 Å². The van der Waals surface area contributed by atoms with Crippen LogP contribution in [0.4, 0.5) is 0 Å². The van der Waals surface area contributed by atoms with Crippen molar-refractivity contribution < 1.29 is 47.6 Å². The summed E-state index contributed by atoms with van der Waals surface area (Å²) in [5, 5.41) is 12.2. The first-order chi connectivity index (χ1) is 16.7. The number of hydrogen-bond donors (Lipinski definition) is 2. The Balaban J connectivity index is 1.63. The lowest BCUT2D eigenvalue weighted by Gasteiger charge is -2.49. The molecule has 1 aromatic heterocycles. The zero-order chi connectivity index (χ0) is 25.1. The fourth-order valence-electron chi connectivity index (χ4n) is 3.99. The summed E-state index contributed by atoms with van der Waals surface area (Å²) in [7, 11) is 0. The van der Waals surface area contributed by atoms with Crippen molar-refractivity contribution in [1.82, 2.24) is 5.32 Å². The molecular weight excluding hydrogens is 462 g/mol. The van der Waals surface area contributed by atoms with Gasteiger partial charge in [-0.15, -0.1) is 0 Å². The van der Waals surface area contributed by atoms with Gasteiger partial charge in [0.15, 0.2) is 17.6 Å². The molecule has 0 radical (unpaired) electrons. The molecule has 1 aromatic carbocycles. The van der Waals surface area contributed by atoms with Crippen LogP contribution < -0.4 is 10.1 Å². The van der Waals surface area contributed by atoms with Crippen LogP contribution in [0.2, 0.25) is 0 Å². The van der Waals surface area contributed by atoms with Crippen molar-refractivity contribution in [1.29, 1.82) is 0 Å². The largest absolute Gasteiger partial charge is 0.479 e. The third kappa shape index (κ3) is 5.70. The Kier molecular flexibility index (Phi) is 7.51. The molecule has 7 unspecified atom stereocenters. The van der Waals surface area contributed by atoms with E-state index in [1.54, 1.807) is 36.4 Å². The standard InChI is InChI=1S/C24H27NO10/c1-12(26)15-6-8-16(9-7-15)33-24-19(25-14(3)27)21(32-13(2)22(28)29)20-18(34-24)11-31-23(35-20)17-5-4-10-30-17/h4-10,13,18-21,23-24H,11H2,1-3H3,(H,25,27)(H,28,29). The van der Waals surface area contributed by atoms with Gasteiger partial charge in [-0.25, -0.2) is 4.79 Å². The van der Waals surface area contributed by atoms with Gasteiger partial charge >= 0.3 is 5.97 Å². The van der Waals surface area contributed by atoms with Crippen LogP contribution in [0.3, 0.4) is 0 Å². The van der Waals surface area contributed by atoms with Gasteiger partial charge in [0.2, 0.25) is 18.5 Å². The van der Waals surface area contributed by atoms with E-state index in [1.807, 2.05) is 0 Å². The highest BCUT2D eigenvalue weighted by molar-refractivity contribution is 5.94. The zero-order valence-corrected chi connectivity index (χ0v) is 19.4. The molecule has 0 aliphatic carbocycles. The third-order valence-electron chi connectivity index (χ3n) is 5.71. The minimum atomic E-state index is -1.21. The first kappa shape index (κ1) is 24.9. The monoisotopic (exact) mass is 489 g/mol. The molecule has 188 valence electrons. The lowest BCUT2D eigenvalue weighted by atomic mass is 9.95. The summed E-state index contributed by atoms with van der Waals surface area (Å²) < 4.78 is 35.2. The van der Waals surface area contributed by atoms with Crippen molar-refractivity contribution in [2.75, 3.05) is 6.61 Å². The number of carboxylic acids is 1. The number of carbonyl (C=O) groups excluding carboxylic acids is 2. The minimum absolute atomic E-state index is 0.0767. The van der Waals surface area contributed by atoms with Gasteiger partial charge in [-0.2, -0.15) is 0 Å². The summed E-state index contributed by atoms with van der Waals surface area (Å²) in [6.07, 6.45) is -4.13. The van der Waals surface area contributed by atoms with Gasteiger partial charge in [0, 0.05) is 12.5 Å². The van der Waals surface area contributed by atoms with E-state index in [2.05, 4.69) is 5.32 Å². The smallest absolute Gasteiger partial charge is 0.332 e. The number of Topliss-reactive ketones (excluding diaryl/α,β-unsaturated/α-hetero) is 1. The molecule has 2 aromatic rings. The fourth-order valence-corrected chi connectivity index (χ4v) is 3.99. The number of nitrogens with one attached hydrogen (secondary N) is 1. The minimum Gasteiger partial charge on any atom is -0.479 e. The number of carbonyl (C=O) groups is 3. The maximum absolute atomic E-state index is 12.1. The molecule has 2 aliphatic rings. The third-order valence-corrected chi connectivity index (χ3v) is 5.71. The highest BCUT2D eigenvalue weighted by atomic mass is 16.8. The molecule has 0 saturated carbocycles. The van der Waals surface area contributed by atoms with E-state index in [0.29, 0.717) is 17.1 Å². The maximum atomic E-state index is 12.1.